The van der Waals surface area contributed by atoms with E-state index in [4.69, 9.17) is 4.74 Å². The summed E-state index contributed by atoms with van der Waals surface area (Å²) in [6.07, 6.45) is -3.87. The van der Waals surface area contributed by atoms with Crippen molar-refractivity contribution < 1.29 is 27.8 Å². The third kappa shape index (κ3) is 3.07. The first-order chi connectivity index (χ1) is 10.7. The largest absolute Gasteiger partial charge is 0.496 e. The highest BCUT2D eigenvalue weighted by Gasteiger charge is 2.58. The molecule has 124 valence electrons. The van der Waals surface area contributed by atoms with Crippen molar-refractivity contribution in [2.45, 2.75) is 18.2 Å². The number of Topliss-reactive ketones (excluding diaryl/α,β-unsaturated/α-hetero) is 1. The average molecular weight is 328 g/mol. The van der Waals surface area contributed by atoms with Crippen LogP contribution in [0.5, 0.6) is 5.75 Å². The van der Waals surface area contributed by atoms with E-state index in [1.165, 1.54) is 38.6 Å². The van der Waals surface area contributed by atoms with Crippen molar-refractivity contribution >= 4 is 5.78 Å². The van der Waals surface area contributed by atoms with E-state index in [9.17, 15) is 23.1 Å². The van der Waals surface area contributed by atoms with Gasteiger partial charge in [-0.15, -0.1) is 0 Å². The highest BCUT2D eigenvalue weighted by Crippen LogP contribution is 2.41. The fraction of sp³-hybridized carbons (Fsp3) is 0.333. The maximum atomic E-state index is 13.4. The van der Waals surface area contributed by atoms with Gasteiger partial charge in [-0.3, -0.25) is 4.79 Å². The molecule has 2 aromatic rings. The van der Waals surface area contributed by atoms with Crippen LogP contribution in [0.1, 0.15) is 22.6 Å². The van der Waals surface area contributed by atoms with Crippen LogP contribution in [0.4, 0.5) is 13.2 Å². The van der Waals surface area contributed by atoms with E-state index in [1.807, 2.05) is 0 Å². The van der Waals surface area contributed by atoms with Crippen LogP contribution in [0.3, 0.4) is 0 Å². The molecule has 0 aliphatic heterocycles. The van der Waals surface area contributed by atoms with Gasteiger partial charge in [0.25, 0.3) is 0 Å². The van der Waals surface area contributed by atoms with Gasteiger partial charge in [0.15, 0.2) is 11.6 Å². The summed E-state index contributed by atoms with van der Waals surface area (Å²) in [4.78, 5) is 15.9. The Morgan fingerprint density at radius 2 is 2.00 bits per heavy atom. The summed E-state index contributed by atoms with van der Waals surface area (Å²) < 4.78 is 46.3. The lowest BCUT2D eigenvalue weighted by Gasteiger charge is -2.29. The Kier molecular flexibility index (Phi) is 4.46. The monoisotopic (exact) mass is 328 g/mol. The number of methoxy groups -OCH3 is 1. The van der Waals surface area contributed by atoms with Gasteiger partial charge in [0.2, 0.25) is 5.60 Å². The van der Waals surface area contributed by atoms with Crippen LogP contribution in [0.2, 0.25) is 0 Å². The molecular formula is C15H15F3N2O3. The van der Waals surface area contributed by atoms with Crippen molar-refractivity contribution in [3.8, 4) is 5.75 Å². The van der Waals surface area contributed by atoms with E-state index < -0.39 is 29.8 Å². The van der Waals surface area contributed by atoms with Gasteiger partial charge in [0.1, 0.15) is 5.75 Å². The minimum Gasteiger partial charge on any atom is -0.496 e. The number of aliphatic hydroxyl groups is 1. The number of ether oxygens (including phenoxy) is 1. The van der Waals surface area contributed by atoms with Crippen molar-refractivity contribution in [2.24, 2.45) is 7.05 Å². The second kappa shape index (κ2) is 6.04. The van der Waals surface area contributed by atoms with Crippen LogP contribution >= 0.6 is 0 Å². The Balaban J connectivity index is 2.44. The zero-order valence-electron chi connectivity index (χ0n) is 12.5. The molecule has 1 heterocycles. The standard InChI is InChI=1S/C15H15F3N2O3/c1-20-8-7-19-13(20)14(22,15(16,17)18)9-11(21)10-5-3-4-6-12(10)23-2/h3-8,22H,9H2,1-2H3/t14-/m0/s1. The Bertz CT molecular complexity index is 712. The number of aryl methyl sites for hydroxylation is 1. The fourth-order valence-corrected chi connectivity index (χ4v) is 2.27. The quantitative estimate of drug-likeness (QED) is 0.857. The molecule has 0 aliphatic carbocycles. The molecule has 1 aromatic carbocycles. The van der Waals surface area contributed by atoms with Gasteiger partial charge in [0, 0.05) is 19.4 Å². The Hall–Kier alpha value is -2.35. The van der Waals surface area contributed by atoms with Gasteiger partial charge in [0.05, 0.1) is 19.1 Å². The number of hydrogen-bond acceptors (Lipinski definition) is 4. The Morgan fingerprint density at radius 3 is 2.52 bits per heavy atom. The molecule has 23 heavy (non-hydrogen) atoms. The van der Waals surface area contributed by atoms with Gasteiger partial charge in [-0.25, -0.2) is 4.98 Å². The maximum Gasteiger partial charge on any atom is 0.425 e. The topological polar surface area (TPSA) is 64.3 Å². The van der Waals surface area contributed by atoms with Gasteiger partial charge in [-0.2, -0.15) is 13.2 Å². The Morgan fingerprint density at radius 1 is 1.35 bits per heavy atom. The van der Waals surface area contributed by atoms with E-state index in [2.05, 4.69) is 4.98 Å². The zero-order chi connectivity index (χ0) is 17.3. The number of benzene rings is 1. The number of alkyl halides is 3. The number of para-hydroxylation sites is 1. The number of carbonyl (C=O) groups excluding carboxylic acids is 1. The van der Waals surface area contributed by atoms with Crippen molar-refractivity contribution in [3.05, 3.63) is 48.0 Å². The number of carbonyl (C=O) groups is 1. The summed E-state index contributed by atoms with van der Waals surface area (Å²) in [5.41, 5.74) is -3.42. The van der Waals surface area contributed by atoms with E-state index in [1.54, 1.807) is 6.07 Å². The molecule has 0 fully saturated rings. The third-order valence-electron chi connectivity index (χ3n) is 3.48. The predicted molar refractivity (Wildman–Crippen MR) is 75.1 cm³/mol. The van der Waals surface area contributed by atoms with E-state index in [0.29, 0.717) is 0 Å². The summed E-state index contributed by atoms with van der Waals surface area (Å²) in [6.45, 7) is 0. The maximum absolute atomic E-state index is 13.4. The number of rotatable bonds is 5. The third-order valence-corrected chi connectivity index (χ3v) is 3.48. The SMILES string of the molecule is COc1ccccc1C(=O)C[C@](O)(c1nccn1C)C(F)(F)F. The summed E-state index contributed by atoms with van der Waals surface area (Å²) in [5, 5.41) is 10.2. The van der Waals surface area contributed by atoms with Gasteiger partial charge < -0.3 is 14.4 Å². The van der Waals surface area contributed by atoms with Gasteiger partial charge in [-0.05, 0) is 12.1 Å². The van der Waals surface area contributed by atoms with Crippen molar-refractivity contribution in [3.63, 3.8) is 0 Å². The highest BCUT2D eigenvalue weighted by atomic mass is 19.4. The normalized spacial score (nSPS) is 14.3. The number of ketones is 1. The number of nitrogens with zero attached hydrogens (tertiary/aromatic N) is 2. The minimum atomic E-state index is -5.07. The molecular weight excluding hydrogens is 313 g/mol. The van der Waals surface area contributed by atoms with Gasteiger partial charge >= 0.3 is 6.18 Å². The molecule has 5 nitrogen and oxygen atoms in total. The molecule has 2 rings (SSSR count). The number of halogens is 3. The smallest absolute Gasteiger partial charge is 0.425 e. The minimum absolute atomic E-state index is 0.0353. The lowest BCUT2D eigenvalue weighted by Crippen LogP contribution is -2.46. The molecule has 0 unspecified atom stereocenters. The Labute approximate surface area is 130 Å². The van der Waals surface area contributed by atoms with Gasteiger partial charge in [-0.1, -0.05) is 12.1 Å². The van der Waals surface area contributed by atoms with Crippen molar-refractivity contribution in [2.75, 3.05) is 7.11 Å². The lowest BCUT2D eigenvalue weighted by molar-refractivity contribution is -0.268. The summed E-state index contributed by atoms with van der Waals surface area (Å²) in [7, 11) is 2.62. The summed E-state index contributed by atoms with van der Waals surface area (Å²) in [5.74, 6) is -1.40. The van der Waals surface area contributed by atoms with Crippen LogP contribution in [-0.2, 0) is 12.6 Å². The van der Waals surface area contributed by atoms with Crippen LogP contribution < -0.4 is 4.74 Å². The molecule has 0 amide bonds. The predicted octanol–water partition coefficient (Wildman–Crippen LogP) is 2.45. The van der Waals surface area contributed by atoms with E-state index in [-0.39, 0.29) is 11.3 Å². The summed E-state index contributed by atoms with van der Waals surface area (Å²) >= 11 is 0. The van der Waals surface area contributed by atoms with E-state index in [0.717, 1.165) is 10.8 Å². The fourth-order valence-electron chi connectivity index (χ4n) is 2.27. The second-order valence-electron chi connectivity index (χ2n) is 5.02. The second-order valence-corrected chi connectivity index (χ2v) is 5.02. The molecule has 0 saturated heterocycles. The molecule has 0 bridgehead atoms. The van der Waals surface area contributed by atoms with Crippen LogP contribution in [0, 0.1) is 0 Å². The van der Waals surface area contributed by atoms with Crippen LogP contribution in [0.15, 0.2) is 36.7 Å². The number of aromatic nitrogens is 2. The lowest BCUT2D eigenvalue weighted by atomic mass is 9.91. The van der Waals surface area contributed by atoms with Crippen LogP contribution in [0.25, 0.3) is 0 Å². The highest BCUT2D eigenvalue weighted by molar-refractivity contribution is 5.99. The molecule has 0 radical (unpaired) electrons. The molecule has 0 aliphatic rings. The molecule has 1 N–H and O–H groups in total. The first-order valence-corrected chi connectivity index (χ1v) is 6.64. The summed E-state index contributed by atoms with van der Waals surface area (Å²) in [6, 6.07) is 5.89. The van der Waals surface area contributed by atoms with Crippen molar-refractivity contribution in [1.29, 1.82) is 0 Å². The number of imidazole rings is 1. The molecule has 1 atom stereocenters. The molecule has 1 aromatic heterocycles. The average Bonchev–Trinajstić information content (AvgIpc) is 2.92. The molecule has 0 saturated carbocycles. The zero-order valence-corrected chi connectivity index (χ0v) is 12.5. The molecule has 0 spiro atoms. The van der Waals surface area contributed by atoms with Crippen molar-refractivity contribution in [1.82, 2.24) is 9.55 Å². The number of hydrogen-bond donors (Lipinski definition) is 1. The molecule has 8 heteroatoms. The first kappa shape index (κ1) is 17.0. The van der Waals surface area contributed by atoms with E-state index >= 15 is 0 Å². The first-order valence-electron chi connectivity index (χ1n) is 6.64. The van der Waals surface area contributed by atoms with Crippen LogP contribution in [-0.4, -0.2) is 33.7 Å².